The molecule has 34 heavy (non-hydrogen) atoms. The highest BCUT2D eigenvalue weighted by Gasteiger charge is 2.30. The summed E-state index contributed by atoms with van der Waals surface area (Å²) in [5.41, 5.74) is 4.93. The molecule has 1 fully saturated rings. The number of benzene rings is 3. The molecule has 174 valence electrons. The smallest absolute Gasteiger partial charge is 0.266 e. The van der Waals surface area contributed by atoms with Crippen molar-refractivity contribution in [2.45, 2.75) is 20.5 Å². The van der Waals surface area contributed by atoms with Gasteiger partial charge in [0.15, 0.2) is 16.7 Å². The predicted molar refractivity (Wildman–Crippen MR) is 140 cm³/mol. The summed E-state index contributed by atoms with van der Waals surface area (Å²) in [6.45, 7) is 4.44. The van der Waals surface area contributed by atoms with Gasteiger partial charge in [0.1, 0.15) is 6.61 Å². The fourth-order valence-electron chi connectivity index (χ4n) is 3.37. The van der Waals surface area contributed by atoms with Gasteiger partial charge in [-0.05, 0) is 78.7 Å². The normalized spacial score (nSPS) is 15.9. The third-order valence-electron chi connectivity index (χ3n) is 5.55. The van der Waals surface area contributed by atoms with Crippen LogP contribution < -0.4 is 9.47 Å². The predicted octanol–water partition coefficient (Wildman–Crippen LogP) is 6.78. The van der Waals surface area contributed by atoms with Gasteiger partial charge >= 0.3 is 0 Å². The first-order chi connectivity index (χ1) is 16.4. The van der Waals surface area contributed by atoms with Crippen molar-refractivity contribution in [1.82, 2.24) is 4.90 Å². The van der Waals surface area contributed by atoms with Crippen LogP contribution in [0.25, 0.3) is 6.08 Å². The van der Waals surface area contributed by atoms with Gasteiger partial charge in [0.25, 0.3) is 5.91 Å². The van der Waals surface area contributed by atoms with Crippen LogP contribution in [0.5, 0.6) is 11.5 Å². The standard InChI is InChI=1S/C27H25ClN2O3S/c1-17-9-11-21(13-18(17)2)29-27-30(3)26(31)25(34-27)15-19-10-12-23(24(14-19)32-4)33-16-20-7-5-6-8-22(20)28/h5-15H,16H2,1-4H3. The van der Waals surface area contributed by atoms with Gasteiger partial charge in [-0.2, -0.15) is 0 Å². The summed E-state index contributed by atoms with van der Waals surface area (Å²) in [5.74, 6) is 1.09. The summed E-state index contributed by atoms with van der Waals surface area (Å²) in [4.78, 5) is 19.7. The Kier molecular flexibility index (Phi) is 7.29. The molecule has 3 aromatic carbocycles. The maximum atomic E-state index is 12.8. The van der Waals surface area contributed by atoms with Crippen molar-refractivity contribution in [2.24, 2.45) is 4.99 Å². The van der Waals surface area contributed by atoms with E-state index >= 15 is 0 Å². The number of carbonyl (C=O) groups is 1. The van der Waals surface area contributed by atoms with E-state index in [0.29, 0.717) is 33.2 Å². The topological polar surface area (TPSA) is 51.1 Å². The monoisotopic (exact) mass is 492 g/mol. The molecular weight excluding hydrogens is 468 g/mol. The number of nitrogens with zero attached hydrogens (tertiary/aromatic N) is 2. The largest absolute Gasteiger partial charge is 0.493 e. The fraction of sp³-hybridized carbons (Fsp3) is 0.185. The molecule has 3 aromatic rings. The molecule has 1 aliphatic heterocycles. The van der Waals surface area contributed by atoms with Gasteiger partial charge in [0.2, 0.25) is 0 Å². The van der Waals surface area contributed by atoms with Gasteiger partial charge in [-0.25, -0.2) is 4.99 Å². The Morgan fingerprint density at radius 3 is 2.56 bits per heavy atom. The number of hydrogen-bond donors (Lipinski definition) is 0. The molecular formula is C27H25ClN2O3S. The van der Waals surface area contributed by atoms with E-state index in [9.17, 15) is 4.79 Å². The minimum atomic E-state index is -0.0920. The number of amidine groups is 1. The molecule has 1 heterocycles. The van der Waals surface area contributed by atoms with Gasteiger partial charge in [-0.1, -0.05) is 41.9 Å². The molecule has 0 unspecified atom stereocenters. The maximum absolute atomic E-state index is 12.8. The number of halogens is 1. The molecule has 0 saturated carbocycles. The van der Waals surface area contributed by atoms with Crippen LogP contribution in [0.1, 0.15) is 22.3 Å². The molecule has 1 amide bonds. The Labute approximate surface area is 209 Å². The van der Waals surface area contributed by atoms with Crippen LogP contribution in [0.4, 0.5) is 5.69 Å². The van der Waals surface area contributed by atoms with Gasteiger partial charge < -0.3 is 9.47 Å². The molecule has 7 heteroatoms. The molecule has 0 aliphatic carbocycles. The van der Waals surface area contributed by atoms with Crippen LogP contribution in [-0.4, -0.2) is 30.1 Å². The zero-order chi connectivity index (χ0) is 24.2. The number of carbonyl (C=O) groups excluding carboxylic acids is 1. The second kappa shape index (κ2) is 10.4. The highest BCUT2D eigenvalue weighted by molar-refractivity contribution is 8.18. The van der Waals surface area contributed by atoms with Crippen molar-refractivity contribution in [3.8, 4) is 11.5 Å². The number of likely N-dealkylation sites (N-methyl/N-ethyl adjacent to an activating group) is 1. The van der Waals surface area contributed by atoms with Gasteiger partial charge in [-0.15, -0.1) is 0 Å². The first-order valence-electron chi connectivity index (χ1n) is 10.7. The van der Waals surface area contributed by atoms with Crippen molar-refractivity contribution in [3.05, 3.63) is 92.8 Å². The van der Waals surface area contributed by atoms with E-state index in [1.54, 1.807) is 19.1 Å². The SMILES string of the molecule is COc1cc(C=C2SC(=Nc3ccc(C)c(C)c3)N(C)C2=O)ccc1OCc1ccccc1Cl. The van der Waals surface area contributed by atoms with E-state index in [0.717, 1.165) is 16.8 Å². The van der Waals surface area contributed by atoms with E-state index in [2.05, 4.69) is 18.8 Å². The Hall–Kier alpha value is -3.22. The van der Waals surface area contributed by atoms with Crippen LogP contribution in [0.2, 0.25) is 5.02 Å². The number of aryl methyl sites for hydroxylation is 2. The lowest BCUT2D eigenvalue weighted by Crippen LogP contribution is -2.23. The van der Waals surface area contributed by atoms with Crippen LogP contribution in [-0.2, 0) is 11.4 Å². The van der Waals surface area contributed by atoms with Gasteiger partial charge in [0, 0.05) is 17.6 Å². The highest BCUT2D eigenvalue weighted by Crippen LogP contribution is 2.35. The van der Waals surface area contributed by atoms with E-state index in [1.165, 1.54) is 22.9 Å². The lowest BCUT2D eigenvalue weighted by molar-refractivity contribution is -0.121. The molecule has 1 aliphatic rings. The number of aliphatic imine (C=N–C) groups is 1. The summed E-state index contributed by atoms with van der Waals surface area (Å²) in [7, 11) is 3.33. The van der Waals surface area contributed by atoms with E-state index in [4.69, 9.17) is 21.1 Å². The Balaban J connectivity index is 1.53. The van der Waals surface area contributed by atoms with Crippen molar-refractivity contribution >= 4 is 46.2 Å². The molecule has 0 aromatic heterocycles. The molecule has 0 N–H and O–H groups in total. The highest BCUT2D eigenvalue weighted by atomic mass is 35.5. The second-order valence-corrected chi connectivity index (χ2v) is 9.34. The van der Waals surface area contributed by atoms with Crippen LogP contribution in [0.15, 0.2) is 70.6 Å². The summed E-state index contributed by atoms with van der Waals surface area (Å²) in [6.07, 6.45) is 1.84. The van der Waals surface area contributed by atoms with E-state index < -0.39 is 0 Å². The number of thioether (sulfide) groups is 1. The summed E-state index contributed by atoms with van der Waals surface area (Å²) >= 11 is 7.57. The lowest BCUT2D eigenvalue weighted by Gasteiger charge is -2.12. The van der Waals surface area contributed by atoms with Crippen molar-refractivity contribution in [1.29, 1.82) is 0 Å². The fourth-order valence-corrected chi connectivity index (χ4v) is 4.55. The Bertz CT molecular complexity index is 1300. The number of methoxy groups -OCH3 is 1. The van der Waals surface area contributed by atoms with Crippen molar-refractivity contribution in [2.75, 3.05) is 14.2 Å². The molecule has 4 rings (SSSR count). The maximum Gasteiger partial charge on any atom is 0.266 e. The average Bonchev–Trinajstić information content (AvgIpc) is 3.09. The zero-order valence-corrected chi connectivity index (χ0v) is 21.0. The Morgan fingerprint density at radius 1 is 1.03 bits per heavy atom. The van der Waals surface area contributed by atoms with E-state index in [-0.39, 0.29) is 5.91 Å². The summed E-state index contributed by atoms with van der Waals surface area (Å²) in [5, 5.41) is 1.30. The van der Waals surface area contributed by atoms with Crippen LogP contribution >= 0.6 is 23.4 Å². The molecule has 0 atom stereocenters. The van der Waals surface area contributed by atoms with Gasteiger partial charge in [-0.3, -0.25) is 9.69 Å². The number of amides is 1. The molecule has 1 saturated heterocycles. The van der Waals surface area contributed by atoms with Gasteiger partial charge in [0.05, 0.1) is 17.7 Å². The zero-order valence-electron chi connectivity index (χ0n) is 19.5. The summed E-state index contributed by atoms with van der Waals surface area (Å²) < 4.78 is 11.5. The molecule has 0 bridgehead atoms. The first-order valence-corrected chi connectivity index (χ1v) is 11.9. The molecule has 0 spiro atoms. The lowest BCUT2D eigenvalue weighted by atomic mass is 10.1. The van der Waals surface area contributed by atoms with Crippen LogP contribution in [0, 0.1) is 13.8 Å². The number of rotatable bonds is 6. The third kappa shape index (κ3) is 5.29. The number of ether oxygens (including phenoxy) is 2. The molecule has 0 radical (unpaired) electrons. The second-order valence-electron chi connectivity index (χ2n) is 7.93. The van der Waals surface area contributed by atoms with Crippen molar-refractivity contribution in [3.63, 3.8) is 0 Å². The number of hydrogen-bond acceptors (Lipinski definition) is 5. The first kappa shape index (κ1) is 23.9. The summed E-state index contributed by atoms with van der Waals surface area (Å²) in [6, 6.07) is 19.1. The molecule has 5 nitrogen and oxygen atoms in total. The minimum absolute atomic E-state index is 0.0920. The minimum Gasteiger partial charge on any atom is -0.493 e. The van der Waals surface area contributed by atoms with E-state index in [1.807, 2.05) is 66.7 Å². The average molecular weight is 493 g/mol. The third-order valence-corrected chi connectivity index (χ3v) is 6.97. The van der Waals surface area contributed by atoms with Crippen molar-refractivity contribution < 1.29 is 14.3 Å². The Morgan fingerprint density at radius 2 is 1.82 bits per heavy atom. The van der Waals surface area contributed by atoms with Crippen LogP contribution in [0.3, 0.4) is 0 Å². The quantitative estimate of drug-likeness (QED) is 0.356.